The van der Waals surface area contributed by atoms with E-state index in [9.17, 15) is 0 Å². The summed E-state index contributed by atoms with van der Waals surface area (Å²) in [5.74, 6) is 0.776. The number of anilines is 1. The maximum absolute atomic E-state index is 5.53. The Morgan fingerprint density at radius 1 is 1.48 bits per heavy atom. The smallest absolute Gasteiger partial charge is 0.186 e. The van der Waals surface area contributed by atoms with Gasteiger partial charge in [-0.3, -0.25) is 0 Å². The highest BCUT2D eigenvalue weighted by atomic mass is 32.1. The molecule has 8 heteroatoms. The minimum Gasteiger partial charge on any atom is -0.375 e. The quantitative estimate of drug-likeness (QED) is 0.494. The Morgan fingerprint density at radius 3 is 2.78 bits per heavy atom. The number of imidazole rings is 1. The molecule has 0 aliphatic heterocycles. The molecule has 0 saturated heterocycles. The van der Waals surface area contributed by atoms with Gasteiger partial charge in [-0.15, -0.1) is 0 Å². The lowest BCUT2D eigenvalue weighted by molar-refractivity contribution is 0.552. The number of hydrogen-bond donors (Lipinski definition) is 2. The molecule has 0 aliphatic rings. The van der Waals surface area contributed by atoms with Crippen LogP contribution < -0.4 is 11.1 Å². The van der Waals surface area contributed by atoms with Gasteiger partial charge in [0.2, 0.25) is 0 Å². The fourth-order valence-electron chi connectivity index (χ4n) is 1.94. The largest absolute Gasteiger partial charge is 0.375 e. The first kappa shape index (κ1) is 16.9. The molecule has 2 aromatic rings. The zero-order chi connectivity index (χ0) is 17.0. The van der Waals surface area contributed by atoms with Crippen molar-refractivity contribution in [3.05, 3.63) is 30.2 Å². The average Bonchev–Trinajstić information content (AvgIpc) is 2.89. The number of rotatable bonds is 5. The van der Waals surface area contributed by atoms with Crippen LogP contribution in [-0.4, -0.2) is 44.0 Å². The average molecular weight is 331 g/mol. The molecule has 122 valence electrons. The molecule has 2 heterocycles. The Balaban J connectivity index is 2.41. The van der Waals surface area contributed by atoms with Crippen LogP contribution in [0.3, 0.4) is 0 Å². The van der Waals surface area contributed by atoms with E-state index in [1.165, 1.54) is 5.01 Å². The summed E-state index contributed by atoms with van der Waals surface area (Å²) in [5.41, 5.74) is 8.16. The van der Waals surface area contributed by atoms with Crippen molar-refractivity contribution in [2.24, 2.45) is 17.9 Å². The van der Waals surface area contributed by atoms with E-state index in [2.05, 4.69) is 34.2 Å². The maximum Gasteiger partial charge on any atom is 0.186 e. The van der Waals surface area contributed by atoms with Gasteiger partial charge in [-0.05, 0) is 38.2 Å². The Labute approximate surface area is 141 Å². The number of nitrogens with zero attached hydrogens (tertiary/aromatic N) is 5. The van der Waals surface area contributed by atoms with Gasteiger partial charge < -0.3 is 15.6 Å². The third kappa shape index (κ3) is 4.49. The summed E-state index contributed by atoms with van der Waals surface area (Å²) in [6.07, 6.45) is 5.23. The Morgan fingerprint density at radius 2 is 2.22 bits per heavy atom. The highest BCUT2D eigenvalue weighted by molar-refractivity contribution is 7.80. The number of aromatic nitrogens is 3. The highest BCUT2D eigenvalue weighted by Crippen LogP contribution is 2.20. The van der Waals surface area contributed by atoms with E-state index >= 15 is 0 Å². The van der Waals surface area contributed by atoms with Gasteiger partial charge in [0.1, 0.15) is 5.82 Å². The predicted molar refractivity (Wildman–Crippen MR) is 97.3 cm³/mol. The standard InChI is InChI=1S/C15H21N7S/c1-10(2)19-14-6-11(7-18-22(4)15(16)23)5-12(20-14)13-8-17-9-21(13)3/h5-10H,1-4H3,(H2,16,23)(H,19,20). The van der Waals surface area contributed by atoms with Crippen molar-refractivity contribution >= 4 is 29.4 Å². The minimum atomic E-state index is 0.211. The van der Waals surface area contributed by atoms with E-state index in [1.54, 1.807) is 25.8 Å². The van der Waals surface area contributed by atoms with E-state index in [0.717, 1.165) is 22.8 Å². The normalized spacial score (nSPS) is 11.2. The molecular formula is C15H21N7S. The van der Waals surface area contributed by atoms with Gasteiger partial charge in [-0.1, -0.05) is 0 Å². The third-order valence-corrected chi connectivity index (χ3v) is 3.33. The van der Waals surface area contributed by atoms with E-state index in [4.69, 9.17) is 18.0 Å². The number of nitrogens with two attached hydrogens (primary N) is 1. The second-order valence-electron chi connectivity index (χ2n) is 5.47. The molecule has 0 fully saturated rings. The van der Waals surface area contributed by atoms with Crippen LogP contribution in [0.15, 0.2) is 29.8 Å². The molecule has 23 heavy (non-hydrogen) atoms. The first-order chi connectivity index (χ1) is 10.9. The zero-order valence-electron chi connectivity index (χ0n) is 13.7. The molecule has 0 saturated carbocycles. The van der Waals surface area contributed by atoms with Crippen LogP contribution in [0, 0.1) is 0 Å². The lowest BCUT2D eigenvalue weighted by Gasteiger charge is -2.13. The SMILES string of the molecule is CC(C)Nc1cc(C=NN(C)C(N)=S)cc(-c2cncn2C)n1. The number of pyridine rings is 1. The van der Waals surface area contributed by atoms with Crippen molar-refractivity contribution < 1.29 is 0 Å². The van der Waals surface area contributed by atoms with Gasteiger partial charge >= 0.3 is 0 Å². The van der Waals surface area contributed by atoms with E-state index in [1.807, 2.05) is 23.7 Å². The van der Waals surface area contributed by atoms with Crippen LogP contribution in [0.4, 0.5) is 5.82 Å². The van der Waals surface area contributed by atoms with Crippen LogP contribution >= 0.6 is 12.2 Å². The van der Waals surface area contributed by atoms with E-state index < -0.39 is 0 Å². The fraction of sp³-hybridized carbons (Fsp3) is 0.333. The van der Waals surface area contributed by atoms with Gasteiger partial charge in [-0.2, -0.15) is 5.10 Å². The molecule has 7 nitrogen and oxygen atoms in total. The monoisotopic (exact) mass is 331 g/mol. The van der Waals surface area contributed by atoms with Crippen molar-refractivity contribution in [1.82, 2.24) is 19.5 Å². The summed E-state index contributed by atoms with van der Waals surface area (Å²) in [7, 11) is 3.64. The number of thiocarbonyl (C=S) groups is 1. The number of nitrogens with one attached hydrogen (secondary N) is 1. The molecule has 2 rings (SSSR count). The van der Waals surface area contributed by atoms with Crippen molar-refractivity contribution in [2.75, 3.05) is 12.4 Å². The molecule has 0 amide bonds. The summed E-state index contributed by atoms with van der Waals surface area (Å²) < 4.78 is 1.92. The van der Waals surface area contributed by atoms with Crippen LogP contribution in [0.25, 0.3) is 11.4 Å². The lowest BCUT2D eigenvalue weighted by Crippen LogP contribution is -2.27. The molecule has 0 radical (unpaired) electrons. The maximum atomic E-state index is 5.53. The van der Waals surface area contributed by atoms with Crippen molar-refractivity contribution in [3.8, 4) is 11.4 Å². The number of hydrazone groups is 1. The molecule has 2 aromatic heterocycles. The summed E-state index contributed by atoms with van der Waals surface area (Å²) in [5, 5.41) is 9.18. The minimum absolute atomic E-state index is 0.211. The Hall–Kier alpha value is -2.48. The van der Waals surface area contributed by atoms with Crippen LogP contribution in [0.5, 0.6) is 0 Å². The second kappa shape index (κ2) is 7.19. The summed E-state index contributed by atoms with van der Waals surface area (Å²) in [6.45, 7) is 4.12. The van der Waals surface area contributed by atoms with Gasteiger partial charge in [0.15, 0.2) is 5.11 Å². The molecule has 0 aliphatic carbocycles. The first-order valence-corrected chi connectivity index (χ1v) is 7.60. The predicted octanol–water partition coefficient (Wildman–Crippen LogP) is 1.81. The molecule has 0 aromatic carbocycles. The van der Waals surface area contributed by atoms with Crippen LogP contribution in [0.2, 0.25) is 0 Å². The van der Waals surface area contributed by atoms with Gasteiger partial charge in [0.25, 0.3) is 0 Å². The van der Waals surface area contributed by atoms with Gasteiger partial charge in [-0.25, -0.2) is 15.0 Å². The molecule has 0 unspecified atom stereocenters. The molecule has 3 N–H and O–H groups in total. The third-order valence-electron chi connectivity index (χ3n) is 3.06. The fourth-order valence-corrected chi connectivity index (χ4v) is 1.99. The van der Waals surface area contributed by atoms with Crippen molar-refractivity contribution in [2.45, 2.75) is 19.9 Å². The van der Waals surface area contributed by atoms with Gasteiger partial charge in [0.05, 0.1) is 30.1 Å². The van der Waals surface area contributed by atoms with Crippen molar-refractivity contribution in [1.29, 1.82) is 0 Å². The molecular weight excluding hydrogens is 310 g/mol. The van der Waals surface area contributed by atoms with E-state index in [0.29, 0.717) is 0 Å². The number of aryl methyl sites for hydroxylation is 1. The molecule has 0 bridgehead atoms. The molecule has 0 spiro atoms. The molecule has 0 atom stereocenters. The Bertz CT molecular complexity index is 720. The lowest BCUT2D eigenvalue weighted by atomic mass is 10.2. The van der Waals surface area contributed by atoms with Crippen molar-refractivity contribution in [3.63, 3.8) is 0 Å². The zero-order valence-corrected chi connectivity index (χ0v) is 14.5. The van der Waals surface area contributed by atoms with Gasteiger partial charge in [0, 0.05) is 25.7 Å². The Kier molecular flexibility index (Phi) is 5.28. The summed E-state index contributed by atoms with van der Waals surface area (Å²) >= 11 is 4.88. The summed E-state index contributed by atoms with van der Waals surface area (Å²) in [4.78, 5) is 8.78. The van der Waals surface area contributed by atoms with Crippen LogP contribution in [-0.2, 0) is 7.05 Å². The summed E-state index contributed by atoms with van der Waals surface area (Å²) in [6, 6.07) is 4.14. The van der Waals surface area contributed by atoms with Crippen LogP contribution in [0.1, 0.15) is 19.4 Å². The highest BCUT2D eigenvalue weighted by Gasteiger charge is 2.08. The van der Waals surface area contributed by atoms with E-state index in [-0.39, 0.29) is 11.2 Å². The second-order valence-corrected chi connectivity index (χ2v) is 5.88. The topological polar surface area (TPSA) is 84.4 Å². The number of hydrogen-bond acceptors (Lipinski definition) is 5. The first-order valence-electron chi connectivity index (χ1n) is 7.19.